The van der Waals surface area contributed by atoms with Crippen LogP contribution in [0.4, 0.5) is 0 Å². The van der Waals surface area contributed by atoms with Gasteiger partial charge in [0, 0.05) is 25.5 Å². The highest BCUT2D eigenvalue weighted by Gasteiger charge is 2.33. The molecule has 8 nitrogen and oxygen atoms in total. The summed E-state index contributed by atoms with van der Waals surface area (Å²) in [6.07, 6.45) is 5.08. The number of allylic oxidation sites excluding steroid dienone is 1. The summed E-state index contributed by atoms with van der Waals surface area (Å²) >= 11 is 0. The fourth-order valence-corrected chi connectivity index (χ4v) is 4.20. The minimum atomic E-state index is -0.142. The van der Waals surface area contributed by atoms with E-state index in [-0.39, 0.29) is 11.5 Å². The zero-order valence-corrected chi connectivity index (χ0v) is 19.2. The Balaban J connectivity index is 1.41. The number of ketones is 1. The van der Waals surface area contributed by atoms with E-state index in [1.54, 1.807) is 45.9 Å². The van der Waals surface area contributed by atoms with Crippen LogP contribution in [-0.4, -0.2) is 43.7 Å². The van der Waals surface area contributed by atoms with Crippen molar-refractivity contribution in [1.29, 1.82) is 0 Å². The first-order chi connectivity index (χ1) is 16.6. The second-order valence-corrected chi connectivity index (χ2v) is 7.93. The Labute approximate surface area is 197 Å². The number of Topliss-reactive ketones (excluding diaryl/α,β-unsaturated/α-hetero) is 1. The number of aromatic nitrogens is 1. The number of methoxy groups -OCH3 is 3. The highest BCUT2D eigenvalue weighted by Crippen LogP contribution is 2.43. The fourth-order valence-electron chi connectivity index (χ4n) is 4.20. The summed E-state index contributed by atoms with van der Waals surface area (Å²) in [5.41, 5.74) is 3.21. The standard InChI is InChI=1S/C26H24N2O6/c1-30-22-11-17(12-23(31-2)26(22)32-3)13-28-14-19-20(33-15-28)5-4-18-24(29)21(34-25(18)19)10-16-6-8-27-9-7-16/h4-12H,13-15H2,1-3H3/b21-10-. The van der Waals surface area contributed by atoms with Gasteiger partial charge in [0.25, 0.3) is 0 Å². The summed E-state index contributed by atoms with van der Waals surface area (Å²) in [6, 6.07) is 11.1. The van der Waals surface area contributed by atoms with Gasteiger partial charge in [-0.05, 0) is 53.6 Å². The van der Waals surface area contributed by atoms with E-state index in [0.717, 1.165) is 22.4 Å². The third-order valence-electron chi connectivity index (χ3n) is 5.82. The molecule has 3 heterocycles. The van der Waals surface area contributed by atoms with Gasteiger partial charge in [-0.15, -0.1) is 0 Å². The Hall–Kier alpha value is -4.04. The average Bonchev–Trinajstić information content (AvgIpc) is 3.19. The highest BCUT2D eigenvalue weighted by molar-refractivity contribution is 6.15. The summed E-state index contributed by atoms with van der Waals surface area (Å²) in [4.78, 5) is 19.1. The Morgan fingerprint density at radius 3 is 2.44 bits per heavy atom. The van der Waals surface area contributed by atoms with Crippen LogP contribution in [0.15, 0.2) is 54.6 Å². The predicted molar refractivity (Wildman–Crippen MR) is 124 cm³/mol. The number of hydrogen-bond acceptors (Lipinski definition) is 8. The zero-order valence-electron chi connectivity index (χ0n) is 19.2. The van der Waals surface area contributed by atoms with Crippen LogP contribution in [0.5, 0.6) is 28.7 Å². The van der Waals surface area contributed by atoms with Gasteiger partial charge in [-0.2, -0.15) is 0 Å². The van der Waals surface area contributed by atoms with Crippen LogP contribution in [0.1, 0.15) is 27.0 Å². The van der Waals surface area contributed by atoms with Crippen molar-refractivity contribution in [2.75, 3.05) is 28.1 Å². The number of hydrogen-bond donors (Lipinski definition) is 0. The molecular weight excluding hydrogens is 436 g/mol. The van der Waals surface area contributed by atoms with Gasteiger partial charge in [0.15, 0.2) is 17.3 Å². The van der Waals surface area contributed by atoms with Crippen LogP contribution in [-0.2, 0) is 13.1 Å². The molecule has 34 heavy (non-hydrogen) atoms. The Bertz CT molecular complexity index is 1250. The number of pyridine rings is 1. The lowest BCUT2D eigenvalue weighted by Gasteiger charge is -2.30. The van der Waals surface area contributed by atoms with Crippen LogP contribution in [0.2, 0.25) is 0 Å². The molecule has 2 aliphatic heterocycles. The maximum Gasteiger partial charge on any atom is 0.231 e. The van der Waals surface area contributed by atoms with Crippen molar-refractivity contribution in [1.82, 2.24) is 9.88 Å². The number of nitrogens with zero attached hydrogens (tertiary/aromatic N) is 2. The molecule has 0 N–H and O–H groups in total. The Morgan fingerprint density at radius 1 is 1.03 bits per heavy atom. The minimum Gasteiger partial charge on any atom is -0.493 e. The van der Waals surface area contributed by atoms with Crippen molar-refractivity contribution in [3.63, 3.8) is 0 Å². The van der Waals surface area contributed by atoms with Crippen LogP contribution < -0.4 is 23.7 Å². The molecule has 0 saturated carbocycles. The monoisotopic (exact) mass is 460 g/mol. The van der Waals surface area contributed by atoms with Crippen molar-refractivity contribution < 1.29 is 28.5 Å². The van der Waals surface area contributed by atoms with Crippen molar-refractivity contribution in [3.8, 4) is 28.7 Å². The lowest BCUT2D eigenvalue weighted by atomic mass is 10.0. The molecule has 0 fully saturated rings. The van der Waals surface area contributed by atoms with Crippen molar-refractivity contribution in [3.05, 3.63) is 76.8 Å². The summed E-state index contributed by atoms with van der Waals surface area (Å²) < 4.78 is 28.4. The number of carbonyl (C=O) groups is 1. The normalized spacial score (nSPS) is 15.9. The van der Waals surface area contributed by atoms with Crippen molar-refractivity contribution in [2.45, 2.75) is 13.1 Å². The molecule has 0 spiro atoms. The fraction of sp³-hybridized carbons (Fsp3) is 0.231. The van der Waals surface area contributed by atoms with Crippen molar-refractivity contribution >= 4 is 11.9 Å². The molecule has 174 valence electrons. The lowest BCUT2D eigenvalue weighted by molar-refractivity contribution is 0.0871. The van der Waals surface area contributed by atoms with Crippen LogP contribution in [0.25, 0.3) is 6.08 Å². The minimum absolute atomic E-state index is 0.142. The molecule has 2 aliphatic rings. The first kappa shape index (κ1) is 21.8. The number of carbonyl (C=O) groups excluding carboxylic acids is 1. The van der Waals surface area contributed by atoms with Gasteiger partial charge in [-0.25, -0.2) is 0 Å². The summed E-state index contributed by atoms with van der Waals surface area (Å²) in [5, 5.41) is 0. The maximum absolute atomic E-state index is 13.0. The number of fused-ring (bicyclic) bond motifs is 3. The zero-order chi connectivity index (χ0) is 23.7. The predicted octanol–water partition coefficient (Wildman–Crippen LogP) is 4.08. The molecule has 0 amide bonds. The van der Waals surface area contributed by atoms with Gasteiger partial charge in [0.1, 0.15) is 18.2 Å². The van der Waals surface area contributed by atoms with Gasteiger partial charge in [0.2, 0.25) is 11.5 Å². The molecule has 0 aliphatic carbocycles. The third kappa shape index (κ3) is 3.92. The van der Waals surface area contributed by atoms with E-state index in [1.165, 1.54) is 0 Å². The van der Waals surface area contributed by atoms with Crippen LogP contribution in [0.3, 0.4) is 0 Å². The van der Waals surface area contributed by atoms with Crippen molar-refractivity contribution in [2.24, 2.45) is 0 Å². The number of benzene rings is 2. The third-order valence-corrected chi connectivity index (χ3v) is 5.82. The number of ether oxygens (including phenoxy) is 5. The summed E-state index contributed by atoms with van der Waals surface area (Å²) in [5.74, 6) is 3.15. The van der Waals surface area contributed by atoms with Gasteiger partial charge < -0.3 is 23.7 Å². The van der Waals surface area contributed by atoms with E-state index in [0.29, 0.717) is 48.4 Å². The van der Waals surface area contributed by atoms with Crippen LogP contribution in [0, 0.1) is 0 Å². The largest absolute Gasteiger partial charge is 0.493 e. The first-order valence-electron chi connectivity index (χ1n) is 10.8. The van der Waals surface area contributed by atoms with E-state index < -0.39 is 0 Å². The molecule has 0 bridgehead atoms. The van der Waals surface area contributed by atoms with Gasteiger partial charge in [-0.1, -0.05) is 0 Å². The molecule has 1 aromatic heterocycles. The Kier molecular flexibility index (Phi) is 5.81. The number of rotatable bonds is 6. The molecule has 8 heteroatoms. The maximum atomic E-state index is 13.0. The van der Waals surface area contributed by atoms with E-state index >= 15 is 0 Å². The second-order valence-electron chi connectivity index (χ2n) is 7.93. The smallest absolute Gasteiger partial charge is 0.231 e. The van der Waals surface area contributed by atoms with E-state index in [4.69, 9.17) is 23.7 Å². The second kappa shape index (κ2) is 9.07. The first-order valence-corrected chi connectivity index (χ1v) is 10.8. The lowest BCUT2D eigenvalue weighted by Crippen LogP contribution is -2.31. The van der Waals surface area contributed by atoms with E-state index in [2.05, 4.69) is 9.88 Å². The van der Waals surface area contributed by atoms with E-state index in [1.807, 2.05) is 30.3 Å². The van der Waals surface area contributed by atoms with E-state index in [9.17, 15) is 4.79 Å². The molecule has 3 aromatic rings. The van der Waals surface area contributed by atoms with Gasteiger partial charge in [0.05, 0.1) is 32.5 Å². The molecule has 0 radical (unpaired) electrons. The molecule has 2 aromatic carbocycles. The molecule has 0 saturated heterocycles. The molecule has 0 atom stereocenters. The SMILES string of the molecule is COc1cc(CN2COc3ccc4c(c3C2)O/C(=C\c2ccncc2)C4=O)cc(OC)c1OC. The topological polar surface area (TPSA) is 79.4 Å². The van der Waals surface area contributed by atoms with Gasteiger partial charge in [-0.3, -0.25) is 14.7 Å². The average molecular weight is 460 g/mol. The Morgan fingerprint density at radius 2 is 1.76 bits per heavy atom. The van der Waals surface area contributed by atoms with Gasteiger partial charge >= 0.3 is 0 Å². The quantitative estimate of drug-likeness (QED) is 0.510. The van der Waals surface area contributed by atoms with Crippen LogP contribution >= 0.6 is 0 Å². The highest BCUT2D eigenvalue weighted by atomic mass is 16.5. The summed E-state index contributed by atoms with van der Waals surface area (Å²) in [7, 11) is 4.76. The molecular formula is C26H24N2O6. The molecule has 0 unspecified atom stereocenters. The molecule has 5 rings (SSSR count). The summed E-state index contributed by atoms with van der Waals surface area (Å²) in [6.45, 7) is 1.54.